The van der Waals surface area contributed by atoms with Crippen molar-refractivity contribution in [1.82, 2.24) is 4.98 Å². The van der Waals surface area contributed by atoms with Crippen LogP contribution in [0.5, 0.6) is 11.5 Å². The molecule has 9 heteroatoms. The number of alkyl halides is 2. The molecular formula is C18H14F2N2O5. The summed E-state index contributed by atoms with van der Waals surface area (Å²) >= 11 is 0. The highest BCUT2D eigenvalue weighted by Crippen LogP contribution is 2.30. The molecule has 3 aromatic rings. The van der Waals surface area contributed by atoms with E-state index < -0.39 is 11.5 Å². The van der Waals surface area contributed by atoms with Crippen molar-refractivity contribution in [3.05, 3.63) is 58.0 Å². The number of benzene rings is 2. The van der Waals surface area contributed by atoms with Crippen molar-refractivity contribution in [2.45, 2.75) is 13.5 Å². The van der Waals surface area contributed by atoms with Crippen molar-refractivity contribution >= 4 is 28.9 Å². The Balaban J connectivity index is 1.85. The van der Waals surface area contributed by atoms with Gasteiger partial charge in [0.1, 0.15) is 5.52 Å². The molecule has 140 valence electrons. The first-order chi connectivity index (χ1) is 13.0. The Kier molecular flexibility index (Phi) is 5.30. The van der Waals surface area contributed by atoms with Crippen LogP contribution in [-0.2, 0) is 0 Å². The van der Waals surface area contributed by atoms with Gasteiger partial charge in [0.05, 0.1) is 11.5 Å². The molecule has 0 aliphatic rings. The smallest absolute Gasteiger partial charge is 0.387 e. The molecule has 0 fully saturated rings. The molecule has 0 N–H and O–H groups in total. The minimum absolute atomic E-state index is 0.0572. The first-order valence-electron chi connectivity index (χ1n) is 7.91. The molecule has 0 unspecified atom stereocenters. The van der Waals surface area contributed by atoms with Gasteiger partial charge in [-0.05, 0) is 36.8 Å². The zero-order valence-corrected chi connectivity index (χ0v) is 14.1. The van der Waals surface area contributed by atoms with Gasteiger partial charge in [0.2, 0.25) is 5.89 Å². The molecule has 0 atom stereocenters. The van der Waals surface area contributed by atoms with Crippen molar-refractivity contribution in [2.24, 2.45) is 0 Å². The Morgan fingerprint density at radius 2 is 2.04 bits per heavy atom. The molecule has 0 aliphatic carbocycles. The van der Waals surface area contributed by atoms with E-state index in [1.165, 1.54) is 24.3 Å². The first-order valence-corrected chi connectivity index (χ1v) is 7.91. The zero-order chi connectivity index (χ0) is 19.4. The lowest BCUT2D eigenvalue weighted by molar-refractivity contribution is -0.384. The normalized spacial score (nSPS) is 11.4. The number of fused-ring (bicyclic) bond motifs is 1. The van der Waals surface area contributed by atoms with Gasteiger partial charge in [-0.2, -0.15) is 8.78 Å². The van der Waals surface area contributed by atoms with Crippen LogP contribution in [0.3, 0.4) is 0 Å². The van der Waals surface area contributed by atoms with Gasteiger partial charge < -0.3 is 13.9 Å². The second-order valence-corrected chi connectivity index (χ2v) is 5.31. The molecule has 1 aromatic heterocycles. The van der Waals surface area contributed by atoms with Crippen molar-refractivity contribution < 1.29 is 27.6 Å². The number of aromatic nitrogens is 1. The van der Waals surface area contributed by atoms with Crippen LogP contribution in [0.25, 0.3) is 23.3 Å². The number of ether oxygens (including phenoxy) is 2. The van der Waals surface area contributed by atoms with Gasteiger partial charge in [0.15, 0.2) is 17.1 Å². The minimum Gasteiger partial charge on any atom is -0.490 e. The molecule has 0 aliphatic heterocycles. The van der Waals surface area contributed by atoms with E-state index in [2.05, 4.69) is 9.72 Å². The quantitative estimate of drug-likeness (QED) is 0.430. The Bertz CT molecular complexity index is 1000. The average molecular weight is 376 g/mol. The summed E-state index contributed by atoms with van der Waals surface area (Å²) in [5.41, 5.74) is 1.34. The lowest BCUT2D eigenvalue weighted by Crippen LogP contribution is -2.04. The van der Waals surface area contributed by atoms with Crippen LogP contribution in [0.1, 0.15) is 18.4 Å². The van der Waals surface area contributed by atoms with E-state index >= 15 is 0 Å². The Morgan fingerprint density at radius 1 is 1.22 bits per heavy atom. The molecule has 0 saturated carbocycles. The van der Waals surface area contributed by atoms with Crippen LogP contribution in [0, 0.1) is 10.1 Å². The van der Waals surface area contributed by atoms with Gasteiger partial charge in [-0.15, -0.1) is 0 Å². The predicted molar refractivity (Wildman–Crippen MR) is 93.8 cm³/mol. The van der Waals surface area contributed by atoms with E-state index in [-0.39, 0.29) is 29.7 Å². The molecule has 1 heterocycles. The number of halogens is 2. The van der Waals surface area contributed by atoms with Crippen LogP contribution in [0.4, 0.5) is 14.5 Å². The van der Waals surface area contributed by atoms with E-state index in [1.807, 2.05) is 0 Å². The standard InChI is InChI=1S/C18H14F2N2O5/c1-2-25-16-9-11(3-6-15(16)27-18(19)20)4-8-17-21-13-10-12(22(23)24)5-7-14(13)26-17/h3-10,18H,2H2,1H3/b8-4+. The van der Waals surface area contributed by atoms with E-state index in [9.17, 15) is 18.9 Å². The SMILES string of the molecule is CCOc1cc(/C=C/c2nc3cc([N+](=O)[O-])ccc3o2)ccc1OC(F)F. The van der Waals surface area contributed by atoms with Crippen molar-refractivity contribution in [3.63, 3.8) is 0 Å². The van der Waals surface area contributed by atoms with E-state index in [4.69, 9.17) is 9.15 Å². The number of non-ortho nitro benzene ring substituents is 1. The molecule has 0 bridgehead atoms. The van der Waals surface area contributed by atoms with Crippen molar-refractivity contribution in [1.29, 1.82) is 0 Å². The minimum atomic E-state index is -2.95. The average Bonchev–Trinajstić information content (AvgIpc) is 3.03. The number of hydrogen-bond acceptors (Lipinski definition) is 6. The van der Waals surface area contributed by atoms with Gasteiger partial charge in [-0.1, -0.05) is 6.07 Å². The Morgan fingerprint density at radius 3 is 2.74 bits per heavy atom. The number of nitrogens with zero attached hydrogens (tertiary/aromatic N) is 2. The summed E-state index contributed by atoms with van der Waals surface area (Å²) in [4.78, 5) is 14.5. The second kappa shape index (κ2) is 7.81. The number of nitro benzene ring substituents is 1. The summed E-state index contributed by atoms with van der Waals surface area (Å²) in [6, 6.07) is 8.63. The van der Waals surface area contributed by atoms with Gasteiger partial charge in [0, 0.05) is 18.2 Å². The molecule has 0 amide bonds. The predicted octanol–water partition coefficient (Wildman–Crippen LogP) is 4.91. The topological polar surface area (TPSA) is 87.6 Å². The third-order valence-corrected chi connectivity index (χ3v) is 3.50. The first kappa shape index (κ1) is 18.3. The fourth-order valence-electron chi connectivity index (χ4n) is 2.38. The third kappa shape index (κ3) is 4.38. The summed E-state index contributed by atoms with van der Waals surface area (Å²) < 4.78 is 40.1. The maximum atomic E-state index is 12.4. The highest BCUT2D eigenvalue weighted by atomic mass is 19.3. The second-order valence-electron chi connectivity index (χ2n) is 5.31. The number of hydrogen-bond donors (Lipinski definition) is 0. The van der Waals surface area contributed by atoms with Gasteiger partial charge in [0.25, 0.3) is 5.69 Å². The van der Waals surface area contributed by atoms with Crippen LogP contribution < -0.4 is 9.47 Å². The summed E-state index contributed by atoms with van der Waals surface area (Å²) in [7, 11) is 0. The Labute approximate surface area is 152 Å². The lowest BCUT2D eigenvalue weighted by Gasteiger charge is -2.11. The van der Waals surface area contributed by atoms with E-state index in [0.717, 1.165) is 0 Å². The monoisotopic (exact) mass is 376 g/mol. The maximum Gasteiger partial charge on any atom is 0.387 e. The van der Waals surface area contributed by atoms with Crippen LogP contribution >= 0.6 is 0 Å². The largest absolute Gasteiger partial charge is 0.490 e. The fourth-order valence-corrected chi connectivity index (χ4v) is 2.38. The van der Waals surface area contributed by atoms with Crippen molar-refractivity contribution in [3.8, 4) is 11.5 Å². The number of oxazole rings is 1. The van der Waals surface area contributed by atoms with Crippen molar-refractivity contribution in [2.75, 3.05) is 6.61 Å². The van der Waals surface area contributed by atoms with Gasteiger partial charge in [-0.3, -0.25) is 10.1 Å². The van der Waals surface area contributed by atoms with E-state index in [1.54, 1.807) is 31.2 Å². The fraction of sp³-hybridized carbons (Fsp3) is 0.167. The number of nitro groups is 1. The molecule has 0 saturated heterocycles. The van der Waals surface area contributed by atoms with Crippen LogP contribution in [0.15, 0.2) is 40.8 Å². The highest BCUT2D eigenvalue weighted by Gasteiger charge is 2.12. The van der Waals surface area contributed by atoms with Gasteiger partial charge >= 0.3 is 6.61 Å². The van der Waals surface area contributed by atoms with E-state index in [0.29, 0.717) is 16.7 Å². The lowest BCUT2D eigenvalue weighted by atomic mass is 10.2. The summed E-state index contributed by atoms with van der Waals surface area (Å²) in [6.45, 7) is -0.933. The summed E-state index contributed by atoms with van der Waals surface area (Å²) in [5.74, 6) is 0.377. The highest BCUT2D eigenvalue weighted by molar-refractivity contribution is 5.78. The molecular weight excluding hydrogens is 362 g/mol. The molecule has 7 nitrogen and oxygen atoms in total. The molecule has 2 aromatic carbocycles. The third-order valence-electron chi connectivity index (χ3n) is 3.50. The Hall–Kier alpha value is -3.49. The summed E-state index contributed by atoms with van der Waals surface area (Å²) in [6.07, 6.45) is 3.21. The zero-order valence-electron chi connectivity index (χ0n) is 14.1. The maximum absolute atomic E-state index is 12.4. The van der Waals surface area contributed by atoms with Crippen LogP contribution in [-0.4, -0.2) is 23.1 Å². The van der Waals surface area contributed by atoms with Crippen LogP contribution in [0.2, 0.25) is 0 Å². The summed E-state index contributed by atoms with van der Waals surface area (Å²) in [5, 5.41) is 10.8. The van der Waals surface area contributed by atoms with Gasteiger partial charge in [-0.25, -0.2) is 4.98 Å². The molecule has 27 heavy (non-hydrogen) atoms. The molecule has 3 rings (SSSR count). The molecule has 0 radical (unpaired) electrons. The molecule has 0 spiro atoms. The number of rotatable bonds is 7.